The third-order valence-corrected chi connectivity index (χ3v) is 6.05. The zero-order chi connectivity index (χ0) is 25.3. The summed E-state index contributed by atoms with van der Waals surface area (Å²) >= 11 is 0. The second kappa shape index (κ2) is 11.9. The summed E-state index contributed by atoms with van der Waals surface area (Å²) in [5, 5.41) is 14.5. The zero-order valence-electron chi connectivity index (χ0n) is 19.7. The van der Waals surface area contributed by atoms with Crippen molar-refractivity contribution in [2.75, 3.05) is 6.54 Å². The second-order valence-corrected chi connectivity index (χ2v) is 8.52. The Labute approximate surface area is 209 Å². The van der Waals surface area contributed by atoms with Crippen molar-refractivity contribution in [3.05, 3.63) is 95.1 Å². The first kappa shape index (κ1) is 24.8. The van der Waals surface area contributed by atoms with Crippen LogP contribution >= 0.6 is 0 Å². The molecule has 0 saturated carbocycles. The van der Waals surface area contributed by atoms with E-state index >= 15 is 0 Å². The predicted molar refractivity (Wildman–Crippen MR) is 133 cm³/mol. The van der Waals surface area contributed by atoms with Gasteiger partial charge in [0.05, 0.1) is 0 Å². The van der Waals surface area contributed by atoms with Crippen molar-refractivity contribution in [3.8, 4) is 11.1 Å². The molecule has 0 saturated heterocycles. The van der Waals surface area contributed by atoms with Crippen LogP contribution in [0.25, 0.3) is 11.1 Å². The van der Waals surface area contributed by atoms with E-state index in [0.29, 0.717) is 6.42 Å². The van der Waals surface area contributed by atoms with Crippen LogP contribution in [-0.4, -0.2) is 35.8 Å². The van der Waals surface area contributed by atoms with Gasteiger partial charge in [-0.2, -0.15) is 0 Å². The molecule has 0 aliphatic heterocycles. The second-order valence-electron chi connectivity index (χ2n) is 8.52. The molecule has 1 atom stereocenters. The van der Waals surface area contributed by atoms with Gasteiger partial charge in [-0.15, -0.1) is 0 Å². The van der Waals surface area contributed by atoms with E-state index in [2.05, 4.69) is 28.8 Å². The topological polar surface area (TPSA) is 114 Å². The lowest BCUT2D eigenvalue weighted by Gasteiger charge is -2.15. The molecule has 186 valence electrons. The number of benzene rings is 3. The standard InChI is InChI=1S/C28H28N2O6/c31-26(32)25(14-7-15-29-27(33)35-17-19-8-2-1-3-9-19)30-28(34)36-18-21-11-6-13-23-22-12-5-4-10-20(22)16-24(21)23/h1-6,8-13,25H,7,14-18H2,(H,29,33)(H,30,34)(H,31,32)/t25-/m0/s1. The highest BCUT2D eigenvalue weighted by Crippen LogP contribution is 2.38. The molecule has 4 rings (SSSR count). The van der Waals surface area contributed by atoms with E-state index in [9.17, 15) is 19.5 Å². The number of carboxylic acid groups (broad SMARTS) is 1. The fourth-order valence-corrected chi connectivity index (χ4v) is 4.21. The van der Waals surface area contributed by atoms with Crippen LogP contribution in [0.4, 0.5) is 9.59 Å². The highest BCUT2D eigenvalue weighted by atomic mass is 16.6. The van der Waals surface area contributed by atoms with Crippen LogP contribution in [0.5, 0.6) is 0 Å². The number of fused-ring (bicyclic) bond motifs is 3. The number of amides is 2. The summed E-state index contributed by atoms with van der Waals surface area (Å²) in [4.78, 5) is 35.7. The molecular formula is C28H28N2O6. The Balaban J connectivity index is 1.20. The molecule has 2 amide bonds. The zero-order valence-corrected chi connectivity index (χ0v) is 19.7. The van der Waals surface area contributed by atoms with Gasteiger partial charge < -0.3 is 25.2 Å². The third kappa shape index (κ3) is 6.41. The van der Waals surface area contributed by atoms with Gasteiger partial charge in [0, 0.05) is 6.54 Å². The number of ether oxygens (including phenoxy) is 2. The Morgan fingerprint density at radius 2 is 1.56 bits per heavy atom. The molecule has 8 heteroatoms. The van der Waals surface area contributed by atoms with Crippen LogP contribution in [0.3, 0.4) is 0 Å². The van der Waals surface area contributed by atoms with Crippen molar-refractivity contribution in [3.63, 3.8) is 0 Å². The molecule has 36 heavy (non-hydrogen) atoms. The molecule has 0 unspecified atom stereocenters. The number of aliphatic carboxylic acids is 1. The van der Waals surface area contributed by atoms with Gasteiger partial charge in [0.1, 0.15) is 19.3 Å². The number of hydrogen-bond donors (Lipinski definition) is 3. The molecule has 1 aliphatic carbocycles. The predicted octanol–water partition coefficient (Wildman–Crippen LogP) is 4.64. The summed E-state index contributed by atoms with van der Waals surface area (Å²) in [7, 11) is 0. The SMILES string of the molecule is O=C(NCCC[C@H](NC(=O)OCc1cccc2c1Cc1ccccc1-2)C(=O)O)OCc1ccccc1. The van der Waals surface area contributed by atoms with Crippen LogP contribution in [0.1, 0.15) is 35.1 Å². The lowest BCUT2D eigenvalue weighted by Crippen LogP contribution is -2.41. The van der Waals surface area contributed by atoms with E-state index in [-0.39, 0.29) is 26.2 Å². The molecule has 3 aromatic rings. The van der Waals surface area contributed by atoms with Crippen molar-refractivity contribution in [1.82, 2.24) is 10.6 Å². The number of nitrogens with one attached hydrogen (secondary N) is 2. The van der Waals surface area contributed by atoms with Gasteiger partial charge >= 0.3 is 18.2 Å². The van der Waals surface area contributed by atoms with Crippen molar-refractivity contribution in [1.29, 1.82) is 0 Å². The minimum Gasteiger partial charge on any atom is -0.480 e. The lowest BCUT2D eigenvalue weighted by atomic mass is 10.0. The van der Waals surface area contributed by atoms with Crippen LogP contribution in [0, 0.1) is 0 Å². The first-order chi connectivity index (χ1) is 17.5. The van der Waals surface area contributed by atoms with E-state index in [4.69, 9.17) is 9.47 Å². The summed E-state index contributed by atoms with van der Waals surface area (Å²) in [5.74, 6) is -1.17. The molecule has 1 aliphatic rings. The third-order valence-electron chi connectivity index (χ3n) is 6.05. The van der Waals surface area contributed by atoms with Crippen LogP contribution in [0.15, 0.2) is 72.8 Å². The Hall–Kier alpha value is -4.33. The Bertz CT molecular complexity index is 1230. The minimum absolute atomic E-state index is 0.0458. The summed E-state index contributed by atoms with van der Waals surface area (Å²) in [6.45, 7) is 0.406. The number of carbonyl (C=O) groups is 3. The van der Waals surface area contributed by atoms with E-state index < -0.39 is 24.2 Å². The fraction of sp³-hybridized carbons (Fsp3) is 0.250. The summed E-state index contributed by atoms with van der Waals surface area (Å²) < 4.78 is 10.5. The summed E-state index contributed by atoms with van der Waals surface area (Å²) in [6.07, 6.45) is -0.159. The van der Waals surface area contributed by atoms with Crippen LogP contribution in [0.2, 0.25) is 0 Å². The first-order valence-electron chi connectivity index (χ1n) is 11.8. The molecule has 0 heterocycles. The molecule has 8 nitrogen and oxygen atoms in total. The van der Waals surface area contributed by atoms with Crippen LogP contribution < -0.4 is 10.6 Å². The van der Waals surface area contributed by atoms with E-state index in [1.54, 1.807) is 0 Å². The van der Waals surface area contributed by atoms with Gasteiger partial charge in [0.2, 0.25) is 0 Å². The number of rotatable bonds is 10. The molecule has 0 bridgehead atoms. The van der Waals surface area contributed by atoms with Gasteiger partial charge in [-0.3, -0.25) is 0 Å². The summed E-state index contributed by atoms with van der Waals surface area (Å²) in [6, 6.07) is 22.2. The van der Waals surface area contributed by atoms with E-state index in [1.165, 1.54) is 11.1 Å². The molecular weight excluding hydrogens is 460 g/mol. The lowest BCUT2D eigenvalue weighted by molar-refractivity contribution is -0.139. The molecule has 0 aromatic heterocycles. The number of carbonyl (C=O) groups excluding carboxylic acids is 2. The average Bonchev–Trinajstić information content (AvgIpc) is 3.28. The fourth-order valence-electron chi connectivity index (χ4n) is 4.21. The normalized spacial score (nSPS) is 12.1. The number of alkyl carbamates (subject to hydrolysis) is 2. The molecule has 0 spiro atoms. The largest absolute Gasteiger partial charge is 0.480 e. The minimum atomic E-state index is -1.17. The number of carboxylic acids is 1. The van der Waals surface area contributed by atoms with Crippen molar-refractivity contribution < 1.29 is 29.0 Å². The molecule has 3 aromatic carbocycles. The maximum Gasteiger partial charge on any atom is 0.408 e. The smallest absolute Gasteiger partial charge is 0.408 e. The van der Waals surface area contributed by atoms with E-state index in [0.717, 1.165) is 28.7 Å². The van der Waals surface area contributed by atoms with Gasteiger partial charge in [-0.25, -0.2) is 14.4 Å². The maximum atomic E-state index is 12.3. The monoisotopic (exact) mass is 488 g/mol. The first-order valence-corrected chi connectivity index (χ1v) is 11.8. The number of hydrogen-bond acceptors (Lipinski definition) is 5. The van der Waals surface area contributed by atoms with Crippen molar-refractivity contribution in [2.45, 2.75) is 38.5 Å². The highest BCUT2D eigenvalue weighted by molar-refractivity contribution is 5.80. The van der Waals surface area contributed by atoms with Gasteiger partial charge in [0.15, 0.2) is 0 Å². The quantitative estimate of drug-likeness (QED) is 0.280. The van der Waals surface area contributed by atoms with E-state index in [1.807, 2.05) is 54.6 Å². The summed E-state index contributed by atoms with van der Waals surface area (Å²) in [5.41, 5.74) is 6.42. The molecule has 0 radical (unpaired) electrons. The average molecular weight is 489 g/mol. The van der Waals surface area contributed by atoms with Gasteiger partial charge in [-0.05, 0) is 52.6 Å². The molecule has 3 N–H and O–H groups in total. The van der Waals surface area contributed by atoms with Gasteiger partial charge in [-0.1, -0.05) is 72.8 Å². The maximum absolute atomic E-state index is 12.3. The van der Waals surface area contributed by atoms with Gasteiger partial charge in [0.25, 0.3) is 0 Å². The Morgan fingerprint density at radius 3 is 2.36 bits per heavy atom. The Morgan fingerprint density at radius 1 is 0.833 bits per heavy atom. The highest BCUT2D eigenvalue weighted by Gasteiger charge is 2.23. The van der Waals surface area contributed by atoms with Crippen LogP contribution in [-0.2, 0) is 33.9 Å². The van der Waals surface area contributed by atoms with Crippen molar-refractivity contribution in [2.24, 2.45) is 0 Å². The van der Waals surface area contributed by atoms with Crippen molar-refractivity contribution >= 4 is 18.2 Å². The Kier molecular flexibility index (Phi) is 8.18. The molecule has 0 fully saturated rings.